The van der Waals surface area contributed by atoms with Gasteiger partial charge in [0.1, 0.15) is 5.75 Å². The molecule has 0 fully saturated rings. The molecule has 1 N–H and O–H groups in total. The second-order valence-electron chi connectivity index (χ2n) is 4.10. The van der Waals surface area contributed by atoms with E-state index in [1.54, 1.807) is 7.11 Å². The number of ether oxygens (including phenoxy) is 1. The van der Waals surface area contributed by atoms with E-state index >= 15 is 0 Å². The van der Waals surface area contributed by atoms with Crippen molar-refractivity contribution in [2.24, 2.45) is 5.92 Å². The van der Waals surface area contributed by atoms with Gasteiger partial charge in [0.25, 0.3) is 0 Å². The van der Waals surface area contributed by atoms with Crippen molar-refractivity contribution in [2.45, 2.75) is 27.2 Å². The van der Waals surface area contributed by atoms with Gasteiger partial charge in [0, 0.05) is 6.54 Å². The van der Waals surface area contributed by atoms with Crippen molar-refractivity contribution < 1.29 is 4.74 Å². The van der Waals surface area contributed by atoms with Crippen LogP contribution in [0.5, 0.6) is 5.75 Å². The number of methoxy groups -OCH3 is 1. The van der Waals surface area contributed by atoms with Crippen molar-refractivity contribution in [3.05, 3.63) is 23.8 Å². The lowest BCUT2D eigenvalue weighted by Gasteiger charge is -2.14. The fourth-order valence-electron chi connectivity index (χ4n) is 1.37. The fraction of sp³-hybridized carbons (Fsp3) is 0.538. The highest BCUT2D eigenvalue weighted by Gasteiger charge is 2.04. The van der Waals surface area contributed by atoms with E-state index in [0.717, 1.165) is 18.0 Å². The Morgan fingerprint density at radius 2 is 2.13 bits per heavy atom. The molecular formula is C13H21NO. The molecule has 0 aliphatic rings. The summed E-state index contributed by atoms with van der Waals surface area (Å²) in [6, 6.07) is 6.23. The number of anilines is 1. The van der Waals surface area contributed by atoms with Crippen molar-refractivity contribution in [3.63, 3.8) is 0 Å². The molecule has 0 radical (unpaired) electrons. The lowest BCUT2D eigenvalue weighted by atomic mass is 10.1. The topological polar surface area (TPSA) is 21.3 Å². The average Bonchev–Trinajstić information content (AvgIpc) is 2.26. The number of hydrogen-bond acceptors (Lipinski definition) is 2. The Balaban J connectivity index is 2.67. The van der Waals surface area contributed by atoms with Crippen LogP contribution in [-0.4, -0.2) is 13.7 Å². The summed E-state index contributed by atoms with van der Waals surface area (Å²) in [5.41, 5.74) is 2.31. The van der Waals surface area contributed by atoms with Crippen LogP contribution in [0.15, 0.2) is 18.2 Å². The van der Waals surface area contributed by atoms with E-state index in [0.29, 0.717) is 5.92 Å². The second kappa shape index (κ2) is 5.64. The zero-order chi connectivity index (χ0) is 11.3. The molecular weight excluding hydrogens is 186 g/mol. The quantitative estimate of drug-likeness (QED) is 0.798. The molecule has 1 rings (SSSR count). The Morgan fingerprint density at radius 1 is 1.40 bits per heavy atom. The van der Waals surface area contributed by atoms with Crippen LogP contribution in [0.25, 0.3) is 0 Å². The molecule has 0 aromatic heterocycles. The van der Waals surface area contributed by atoms with Gasteiger partial charge < -0.3 is 10.1 Å². The summed E-state index contributed by atoms with van der Waals surface area (Å²) in [7, 11) is 1.71. The van der Waals surface area contributed by atoms with Crippen molar-refractivity contribution in [1.29, 1.82) is 0 Å². The van der Waals surface area contributed by atoms with E-state index in [1.807, 2.05) is 0 Å². The summed E-state index contributed by atoms with van der Waals surface area (Å²) in [6.45, 7) is 7.52. The van der Waals surface area contributed by atoms with Gasteiger partial charge in [-0.2, -0.15) is 0 Å². The van der Waals surface area contributed by atoms with Crippen LogP contribution < -0.4 is 10.1 Å². The molecule has 84 valence electrons. The first-order chi connectivity index (χ1) is 7.17. The molecule has 1 atom stereocenters. The SMILES string of the molecule is CCC(C)CNc1ccc(C)cc1OC. The minimum Gasteiger partial charge on any atom is -0.495 e. The number of hydrogen-bond donors (Lipinski definition) is 1. The Morgan fingerprint density at radius 3 is 2.73 bits per heavy atom. The first kappa shape index (κ1) is 11.9. The van der Waals surface area contributed by atoms with Gasteiger partial charge in [0.05, 0.1) is 12.8 Å². The Bertz CT molecular complexity index is 309. The van der Waals surface area contributed by atoms with E-state index in [4.69, 9.17) is 4.74 Å². The molecule has 0 saturated heterocycles. The van der Waals surface area contributed by atoms with Gasteiger partial charge >= 0.3 is 0 Å². The number of nitrogens with one attached hydrogen (secondary N) is 1. The van der Waals surface area contributed by atoms with Crippen LogP contribution in [0.3, 0.4) is 0 Å². The van der Waals surface area contributed by atoms with Gasteiger partial charge in [-0.3, -0.25) is 0 Å². The summed E-state index contributed by atoms with van der Waals surface area (Å²) in [4.78, 5) is 0. The summed E-state index contributed by atoms with van der Waals surface area (Å²) >= 11 is 0. The molecule has 0 aliphatic carbocycles. The first-order valence-corrected chi connectivity index (χ1v) is 5.55. The van der Waals surface area contributed by atoms with Gasteiger partial charge in [-0.15, -0.1) is 0 Å². The van der Waals surface area contributed by atoms with Crippen LogP contribution in [0.1, 0.15) is 25.8 Å². The maximum absolute atomic E-state index is 5.33. The van der Waals surface area contributed by atoms with Crippen LogP contribution in [0.4, 0.5) is 5.69 Å². The molecule has 0 bridgehead atoms. The number of rotatable bonds is 5. The molecule has 1 unspecified atom stereocenters. The standard InChI is InChI=1S/C13H21NO/c1-5-10(2)9-14-12-7-6-11(3)8-13(12)15-4/h6-8,10,14H,5,9H2,1-4H3. The molecule has 0 amide bonds. The third-order valence-corrected chi connectivity index (χ3v) is 2.69. The molecule has 2 heteroatoms. The van der Waals surface area contributed by atoms with Crippen LogP contribution in [0.2, 0.25) is 0 Å². The maximum Gasteiger partial charge on any atom is 0.142 e. The molecule has 1 aromatic rings. The van der Waals surface area contributed by atoms with Crippen molar-refractivity contribution in [2.75, 3.05) is 19.0 Å². The highest BCUT2D eigenvalue weighted by atomic mass is 16.5. The van der Waals surface area contributed by atoms with Gasteiger partial charge in [-0.1, -0.05) is 26.3 Å². The summed E-state index contributed by atoms with van der Waals surface area (Å²) < 4.78 is 5.33. The van der Waals surface area contributed by atoms with Gasteiger partial charge in [0.15, 0.2) is 0 Å². The predicted octanol–water partition coefficient (Wildman–Crippen LogP) is 3.46. The van der Waals surface area contributed by atoms with Crippen molar-refractivity contribution in [3.8, 4) is 5.75 Å². The average molecular weight is 207 g/mol. The molecule has 0 saturated carbocycles. The second-order valence-corrected chi connectivity index (χ2v) is 4.10. The predicted molar refractivity (Wildman–Crippen MR) is 65.7 cm³/mol. The zero-order valence-corrected chi connectivity index (χ0v) is 10.1. The van der Waals surface area contributed by atoms with E-state index < -0.39 is 0 Å². The molecule has 0 heterocycles. The number of benzene rings is 1. The summed E-state index contributed by atoms with van der Waals surface area (Å²) in [5.74, 6) is 1.62. The van der Waals surface area contributed by atoms with Crippen molar-refractivity contribution >= 4 is 5.69 Å². The fourth-order valence-corrected chi connectivity index (χ4v) is 1.37. The molecule has 0 aliphatic heterocycles. The third-order valence-electron chi connectivity index (χ3n) is 2.69. The minimum absolute atomic E-state index is 0.691. The highest BCUT2D eigenvalue weighted by molar-refractivity contribution is 5.57. The van der Waals surface area contributed by atoms with Crippen LogP contribution >= 0.6 is 0 Å². The van der Waals surface area contributed by atoms with E-state index in [2.05, 4.69) is 44.3 Å². The Hall–Kier alpha value is -1.18. The molecule has 2 nitrogen and oxygen atoms in total. The van der Waals surface area contributed by atoms with Crippen LogP contribution in [-0.2, 0) is 0 Å². The minimum atomic E-state index is 0.691. The third kappa shape index (κ3) is 3.46. The zero-order valence-electron chi connectivity index (χ0n) is 10.1. The number of aryl methyl sites for hydroxylation is 1. The largest absolute Gasteiger partial charge is 0.495 e. The smallest absolute Gasteiger partial charge is 0.142 e. The monoisotopic (exact) mass is 207 g/mol. The first-order valence-electron chi connectivity index (χ1n) is 5.55. The normalized spacial score (nSPS) is 12.3. The van der Waals surface area contributed by atoms with Gasteiger partial charge in [-0.05, 0) is 30.5 Å². The lowest BCUT2D eigenvalue weighted by molar-refractivity contribution is 0.415. The van der Waals surface area contributed by atoms with Gasteiger partial charge in [-0.25, -0.2) is 0 Å². The van der Waals surface area contributed by atoms with Gasteiger partial charge in [0.2, 0.25) is 0 Å². The van der Waals surface area contributed by atoms with E-state index in [9.17, 15) is 0 Å². The highest BCUT2D eigenvalue weighted by Crippen LogP contribution is 2.25. The van der Waals surface area contributed by atoms with Crippen LogP contribution in [0, 0.1) is 12.8 Å². The summed E-state index contributed by atoms with van der Waals surface area (Å²) in [6.07, 6.45) is 1.20. The van der Waals surface area contributed by atoms with E-state index in [1.165, 1.54) is 12.0 Å². The molecule has 1 aromatic carbocycles. The molecule has 15 heavy (non-hydrogen) atoms. The lowest BCUT2D eigenvalue weighted by Crippen LogP contribution is -2.10. The molecule has 0 spiro atoms. The van der Waals surface area contributed by atoms with E-state index in [-0.39, 0.29) is 0 Å². The van der Waals surface area contributed by atoms with Crippen molar-refractivity contribution in [1.82, 2.24) is 0 Å². The maximum atomic E-state index is 5.33. The Kier molecular flexibility index (Phi) is 4.47. The summed E-state index contributed by atoms with van der Waals surface area (Å²) in [5, 5.41) is 3.42. The Labute approximate surface area is 92.6 Å².